The lowest BCUT2D eigenvalue weighted by molar-refractivity contribution is 0.0994. The third-order valence-corrected chi connectivity index (χ3v) is 6.31. The van der Waals surface area contributed by atoms with Crippen molar-refractivity contribution in [2.45, 2.75) is 51.6 Å². The number of benzene rings is 1. The van der Waals surface area contributed by atoms with Gasteiger partial charge in [-0.2, -0.15) is 4.99 Å². The van der Waals surface area contributed by atoms with Gasteiger partial charge in [0.1, 0.15) is 5.75 Å². The lowest BCUT2D eigenvalue weighted by Gasteiger charge is -2.15. The second kappa shape index (κ2) is 8.17. The fourth-order valence-electron chi connectivity index (χ4n) is 3.09. The fourth-order valence-corrected chi connectivity index (χ4v) is 4.32. The molecule has 0 saturated carbocycles. The van der Waals surface area contributed by atoms with Gasteiger partial charge in [-0.15, -0.1) is 11.3 Å². The monoisotopic (exact) mass is 407 g/mol. The third-order valence-electron chi connectivity index (χ3n) is 4.63. The van der Waals surface area contributed by atoms with Gasteiger partial charge in [0, 0.05) is 28.7 Å². The van der Waals surface area contributed by atoms with Crippen LogP contribution in [0.1, 0.15) is 48.8 Å². The quantitative estimate of drug-likeness (QED) is 0.833. The van der Waals surface area contributed by atoms with Crippen molar-refractivity contribution in [3.63, 3.8) is 0 Å². The van der Waals surface area contributed by atoms with E-state index in [1.165, 1.54) is 18.4 Å². The first-order valence-electron chi connectivity index (χ1n) is 9.14. The van der Waals surface area contributed by atoms with Gasteiger partial charge in [0.05, 0.1) is 12.7 Å². The van der Waals surface area contributed by atoms with Crippen molar-refractivity contribution in [2.75, 3.05) is 13.7 Å². The predicted molar refractivity (Wildman–Crippen MR) is 110 cm³/mol. The number of ether oxygens (including phenoxy) is 1. The summed E-state index contributed by atoms with van der Waals surface area (Å²) >= 11 is 7.63. The van der Waals surface area contributed by atoms with Crippen molar-refractivity contribution in [2.24, 2.45) is 4.99 Å². The third kappa shape index (κ3) is 4.81. The lowest BCUT2D eigenvalue weighted by Crippen LogP contribution is -2.30. The molecule has 2 heterocycles. The number of hydrogen-bond donors (Lipinski definition) is 1. The maximum Gasteiger partial charge on any atom is 0.283 e. The Balaban J connectivity index is 2.02. The van der Waals surface area contributed by atoms with Crippen LogP contribution in [0.15, 0.2) is 29.4 Å². The number of nitrogens with zero attached hydrogens (tertiary/aromatic N) is 2. The number of methoxy groups -OCH3 is 1. The van der Waals surface area contributed by atoms with Gasteiger partial charge in [0.15, 0.2) is 4.80 Å². The topological polar surface area (TPSA) is 55.6 Å². The smallest absolute Gasteiger partial charge is 0.283 e. The van der Waals surface area contributed by atoms with Crippen LogP contribution in [-0.2, 0) is 12.0 Å². The minimum absolute atomic E-state index is 0.0000832. The Bertz CT molecular complexity index is 889. The summed E-state index contributed by atoms with van der Waals surface area (Å²) in [5, 5.41) is 4.00. The van der Waals surface area contributed by atoms with Gasteiger partial charge in [0.2, 0.25) is 0 Å². The molecule has 1 fully saturated rings. The Morgan fingerprint density at radius 2 is 2.22 bits per heavy atom. The zero-order valence-corrected chi connectivity index (χ0v) is 17.8. The molecule has 1 atom stereocenters. The SMILES string of the molecule is COc1ccc(Cl)cc1C(=O)/N=c1\sc(C(C)(C)C)cn1C[C@H]1CCCN1. The molecular formula is C20H26ClN3O2S. The molecule has 0 bridgehead atoms. The van der Waals surface area contributed by atoms with E-state index in [1.54, 1.807) is 29.5 Å². The van der Waals surface area contributed by atoms with Crippen LogP contribution in [0.3, 0.4) is 0 Å². The van der Waals surface area contributed by atoms with E-state index in [2.05, 4.69) is 41.8 Å². The van der Waals surface area contributed by atoms with Crippen LogP contribution in [0.5, 0.6) is 5.75 Å². The molecule has 2 aromatic rings. The molecule has 27 heavy (non-hydrogen) atoms. The molecule has 5 nitrogen and oxygen atoms in total. The molecule has 0 spiro atoms. The number of halogens is 1. The van der Waals surface area contributed by atoms with E-state index in [-0.39, 0.29) is 11.3 Å². The van der Waals surface area contributed by atoms with Gasteiger partial charge in [-0.05, 0) is 43.0 Å². The summed E-state index contributed by atoms with van der Waals surface area (Å²) < 4.78 is 7.40. The summed E-state index contributed by atoms with van der Waals surface area (Å²) in [6.45, 7) is 8.37. The normalized spacial score (nSPS) is 18.1. The standard InChI is InChI=1S/C20H26ClN3O2S/c1-20(2,3)17-12-24(11-14-6-5-9-22-14)19(27-17)23-18(25)15-10-13(21)7-8-16(15)26-4/h7-8,10,12,14,22H,5-6,9,11H2,1-4H3/b23-19-/t14-/m1/s1. The first-order chi connectivity index (χ1) is 12.8. The summed E-state index contributed by atoms with van der Waals surface area (Å²) in [4.78, 5) is 19.2. The summed E-state index contributed by atoms with van der Waals surface area (Å²) in [5.74, 6) is 0.134. The van der Waals surface area contributed by atoms with Gasteiger partial charge in [-0.25, -0.2) is 0 Å². The molecule has 1 aliphatic heterocycles. The minimum Gasteiger partial charge on any atom is -0.496 e. The molecule has 146 valence electrons. The molecular weight excluding hydrogens is 382 g/mol. The molecule has 0 radical (unpaired) electrons. The lowest BCUT2D eigenvalue weighted by atomic mass is 9.95. The van der Waals surface area contributed by atoms with Gasteiger partial charge >= 0.3 is 0 Å². The second-order valence-electron chi connectivity index (χ2n) is 7.84. The Morgan fingerprint density at radius 1 is 1.44 bits per heavy atom. The van der Waals surface area contributed by atoms with Crippen LogP contribution in [0.2, 0.25) is 5.02 Å². The van der Waals surface area contributed by atoms with Crippen molar-refractivity contribution < 1.29 is 9.53 Å². The predicted octanol–water partition coefficient (Wildman–Crippen LogP) is 4.00. The number of thiazole rings is 1. The molecule has 3 rings (SSSR count). The van der Waals surface area contributed by atoms with Crippen LogP contribution < -0.4 is 14.9 Å². The summed E-state index contributed by atoms with van der Waals surface area (Å²) in [7, 11) is 1.54. The van der Waals surface area contributed by atoms with Crippen molar-refractivity contribution >= 4 is 28.8 Å². The first kappa shape index (κ1) is 20.1. The van der Waals surface area contributed by atoms with E-state index < -0.39 is 0 Å². The highest BCUT2D eigenvalue weighted by Crippen LogP contribution is 2.26. The van der Waals surface area contributed by atoms with Crippen molar-refractivity contribution in [1.82, 2.24) is 9.88 Å². The molecule has 1 aromatic carbocycles. The average molecular weight is 408 g/mol. The van der Waals surface area contributed by atoms with E-state index in [4.69, 9.17) is 16.3 Å². The Hall–Kier alpha value is -1.63. The number of nitrogens with one attached hydrogen (secondary N) is 1. The van der Waals surface area contributed by atoms with Crippen molar-refractivity contribution in [1.29, 1.82) is 0 Å². The largest absolute Gasteiger partial charge is 0.496 e. The van der Waals surface area contributed by atoms with Crippen molar-refractivity contribution in [3.05, 3.63) is 44.7 Å². The molecule has 0 aliphatic carbocycles. The van der Waals surface area contributed by atoms with Crippen LogP contribution in [-0.4, -0.2) is 30.2 Å². The molecule has 1 saturated heterocycles. The zero-order chi connectivity index (χ0) is 19.6. The number of carbonyl (C=O) groups excluding carboxylic acids is 1. The molecule has 0 unspecified atom stereocenters. The van der Waals surface area contributed by atoms with Crippen LogP contribution in [0, 0.1) is 0 Å². The highest BCUT2D eigenvalue weighted by Gasteiger charge is 2.21. The van der Waals surface area contributed by atoms with Crippen molar-refractivity contribution in [3.8, 4) is 5.75 Å². The van der Waals surface area contributed by atoms with Gasteiger partial charge < -0.3 is 14.6 Å². The molecule has 1 aliphatic rings. The number of amides is 1. The molecule has 1 N–H and O–H groups in total. The van der Waals surface area contributed by atoms with E-state index >= 15 is 0 Å². The fraction of sp³-hybridized carbons (Fsp3) is 0.500. The Kier molecular flexibility index (Phi) is 6.08. The molecule has 1 aromatic heterocycles. The number of rotatable bonds is 4. The average Bonchev–Trinajstić information content (AvgIpc) is 3.25. The molecule has 7 heteroatoms. The van der Waals surface area contributed by atoms with E-state index in [1.807, 2.05) is 0 Å². The molecule has 1 amide bonds. The number of carbonyl (C=O) groups is 1. The minimum atomic E-state index is -0.343. The number of hydrogen-bond acceptors (Lipinski definition) is 4. The van der Waals surface area contributed by atoms with E-state index in [0.29, 0.717) is 27.2 Å². The highest BCUT2D eigenvalue weighted by molar-refractivity contribution is 7.09. The maximum absolute atomic E-state index is 12.9. The Labute approximate surface area is 169 Å². The summed E-state index contributed by atoms with van der Waals surface area (Å²) in [6, 6.07) is 5.41. The van der Waals surface area contributed by atoms with Gasteiger partial charge in [-0.1, -0.05) is 32.4 Å². The van der Waals surface area contributed by atoms with Crippen LogP contribution in [0.4, 0.5) is 0 Å². The Morgan fingerprint density at radius 3 is 2.85 bits per heavy atom. The first-order valence-corrected chi connectivity index (χ1v) is 10.3. The van der Waals surface area contributed by atoms with E-state index in [0.717, 1.165) is 19.5 Å². The van der Waals surface area contributed by atoms with Crippen LogP contribution >= 0.6 is 22.9 Å². The highest BCUT2D eigenvalue weighted by atomic mass is 35.5. The van der Waals surface area contributed by atoms with Crippen LogP contribution in [0.25, 0.3) is 0 Å². The zero-order valence-electron chi connectivity index (χ0n) is 16.2. The van der Waals surface area contributed by atoms with Gasteiger partial charge in [0.25, 0.3) is 5.91 Å². The summed E-state index contributed by atoms with van der Waals surface area (Å²) in [5.41, 5.74) is 0.376. The van der Waals surface area contributed by atoms with E-state index in [9.17, 15) is 4.79 Å². The van der Waals surface area contributed by atoms with Gasteiger partial charge in [-0.3, -0.25) is 4.79 Å². The number of aromatic nitrogens is 1. The second-order valence-corrected chi connectivity index (χ2v) is 9.28. The maximum atomic E-state index is 12.9. The summed E-state index contributed by atoms with van der Waals surface area (Å²) in [6.07, 6.45) is 4.46.